The van der Waals surface area contributed by atoms with E-state index < -0.39 is 12.0 Å². The highest BCUT2D eigenvalue weighted by Crippen LogP contribution is 2.16. The molecular formula is C10H16N2O4. The lowest BCUT2D eigenvalue weighted by Gasteiger charge is -2.21. The zero-order chi connectivity index (χ0) is 12.3. The van der Waals surface area contributed by atoms with Gasteiger partial charge in [0.1, 0.15) is 0 Å². The van der Waals surface area contributed by atoms with Crippen LogP contribution in [0.1, 0.15) is 19.3 Å². The minimum atomic E-state index is -0.848. The van der Waals surface area contributed by atoms with Crippen molar-refractivity contribution in [1.82, 2.24) is 9.80 Å². The van der Waals surface area contributed by atoms with Gasteiger partial charge in [-0.3, -0.25) is 24.2 Å². The van der Waals surface area contributed by atoms with E-state index in [0.29, 0.717) is 13.0 Å². The Labute approximate surface area is 93.8 Å². The van der Waals surface area contributed by atoms with E-state index in [-0.39, 0.29) is 24.7 Å². The largest absolute Gasteiger partial charge is 0.481 e. The predicted molar refractivity (Wildman–Crippen MR) is 55.7 cm³/mol. The molecule has 16 heavy (non-hydrogen) atoms. The molecule has 0 aliphatic carbocycles. The first kappa shape index (κ1) is 12.6. The number of likely N-dealkylation sites (N-methyl/N-ethyl adjacent to an activating group) is 2. The maximum Gasteiger partial charge on any atom is 0.303 e. The van der Waals surface area contributed by atoms with Crippen LogP contribution in [0.2, 0.25) is 0 Å². The minimum absolute atomic E-state index is 0.0784. The molecule has 1 atom stereocenters. The summed E-state index contributed by atoms with van der Waals surface area (Å²) >= 11 is 0. The Hall–Kier alpha value is -1.43. The van der Waals surface area contributed by atoms with Crippen LogP contribution in [0.15, 0.2) is 0 Å². The molecule has 0 bridgehead atoms. The molecule has 1 unspecified atom stereocenters. The second-order valence-corrected chi connectivity index (χ2v) is 3.99. The third kappa shape index (κ3) is 2.79. The van der Waals surface area contributed by atoms with E-state index in [4.69, 9.17) is 5.11 Å². The average Bonchev–Trinajstić information content (AvgIpc) is 2.45. The van der Waals surface area contributed by atoms with Gasteiger partial charge in [-0.05, 0) is 20.0 Å². The Kier molecular flexibility index (Phi) is 4.00. The highest BCUT2D eigenvalue weighted by Gasteiger charge is 2.38. The Morgan fingerprint density at radius 1 is 1.56 bits per heavy atom. The van der Waals surface area contributed by atoms with Gasteiger partial charge in [0.05, 0.1) is 12.5 Å². The van der Waals surface area contributed by atoms with Crippen LogP contribution in [0, 0.1) is 0 Å². The zero-order valence-electron chi connectivity index (χ0n) is 9.47. The molecule has 0 radical (unpaired) electrons. The lowest BCUT2D eigenvalue weighted by atomic mass is 10.2. The van der Waals surface area contributed by atoms with Gasteiger partial charge < -0.3 is 5.11 Å². The van der Waals surface area contributed by atoms with Crippen molar-refractivity contribution in [2.45, 2.75) is 25.3 Å². The number of carbonyl (C=O) groups is 3. The molecule has 1 saturated heterocycles. The minimum Gasteiger partial charge on any atom is -0.481 e. The molecule has 6 nitrogen and oxygen atoms in total. The molecule has 0 aromatic rings. The summed E-state index contributed by atoms with van der Waals surface area (Å²) in [6, 6.07) is -0.425. The van der Waals surface area contributed by atoms with Crippen LogP contribution < -0.4 is 0 Å². The fourth-order valence-electron chi connectivity index (χ4n) is 1.72. The first-order valence-corrected chi connectivity index (χ1v) is 5.16. The van der Waals surface area contributed by atoms with Crippen LogP contribution in [0.25, 0.3) is 0 Å². The van der Waals surface area contributed by atoms with Crippen LogP contribution in [0.3, 0.4) is 0 Å². The molecule has 1 N–H and O–H groups in total. The highest BCUT2D eigenvalue weighted by atomic mass is 16.4. The van der Waals surface area contributed by atoms with E-state index in [2.05, 4.69) is 0 Å². The van der Waals surface area contributed by atoms with E-state index in [1.807, 2.05) is 0 Å². The first-order valence-electron chi connectivity index (χ1n) is 5.16. The molecule has 6 heteroatoms. The number of hydrogen-bond donors (Lipinski definition) is 1. The van der Waals surface area contributed by atoms with Gasteiger partial charge in [-0.2, -0.15) is 0 Å². The number of imide groups is 1. The number of rotatable bonds is 5. The zero-order valence-corrected chi connectivity index (χ0v) is 9.47. The molecule has 0 saturated carbocycles. The number of carboxylic acid groups (broad SMARTS) is 1. The van der Waals surface area contributed by atoms with Crippen molar-refractivity contribution in [3.63, 3.8) is 0 Å². The molecule has 0 spiro atoms. The Bertz CT molecular complexity index is 316. The summed E-state index contributed by atoms with van der Waals surface area (Å²) < 4.78 is 0. The van der Waals surface area contributed by atoms with Crippen LogP contribution in [-0.2, 0) is 14.4 Å². The summed E-state index contributed by atoms with van der Waals surface area (Å²) in [5, 5.41) is 8.48. The van der Waals surface area contributed by atoms with Gasteiger partial charge >= 0.3 is 5.97 Å². The van der Waals surface area contributed by atoms with Crippen molar-refractivity contribution in [1.29, 1.82) is 0 Å². The molecule has 1 rings (SSSR count). The Morgan fingerprint density at radius 3 is 2.62 bits per heavy atom. The summed E-state index contributed by atoms with van der Waals surface area (Å²) in [5.41, 5.74) is 0. The lowest BCUT2D eigenvalue weighted by molar-refractivity contribution is -0.138. The second-order valence-electron chi connectivity index (χ2n) is 3.99. The summed E-state index contributed by atoms with van der Waals surface area (Å²) in [4.78, 5) is 36.1. The van der Waals surface area contributed by atoms with E-state index in [1.54, 1.807) is 11.9 Å². The van der Waals surface area contributed by atoms with Crippen LogP contribution in [0.4, 0.5) is 0 Å². The van der Waals surface area contributed by atoms with E-state index >= 15 is 0 Å². The van der Waals surface area contributed by atoms with Crippen molar-refractivity contribution in [2.24, 2.45) is 0 Å². The standard InChI is InChI=1S/C10H16N2O4/c1-11(5-3-4-9(14)15)7-6-8(13)12(2)10(7)16/h7H,3-6H2,1-2H3,(H,14,15). The van der Waals surface area contributed by atoms with Gasteiger partial charge in [0.2, 0.25) is 11.8 Å². The summed E-state index contributed by atoms with van der Waals surface area (Å²) in [5.74, 6) is -1.23. The number of carboxylic acids is 1. The number of amides is 2. The van der Waals surface area contributed by atoms with Gasteiger partial charge in [0, 0.05) is 13.5 Å². The van der Waals surface area contributed by atoms with Gasteiger partial charge in [0.15, 0.2) is 0 Å². The Balaban J connectivity index is 2.43. The maximum absolute atomic E-state index is 11.6. The molecular weight excluding hydrogens is 212 g/mol. The molecule has 0 aromatic carbocycles. The van der Waals surface area contributed by atoms with E-state index in [0.717, 1.165) is 4.90 Å². The number of likely N-dealkylation sites (tertiary alicyclic amines) is 1. The van der Waals surface area contributed by atoms with Crippen LogP contribution >= 0.6 is 0 Å². The van der Waals surface area contributed by atoms with Gasteiger partial charge in [-0.25, -0.2) is 0 Å². The highest BCUT2D eigenvalue weighted by molar-refractivity contribution is 6.05. The second kappa shape index (κ2) is 5.07. The topological polar surface area (TPSA) is 77.9 Å². The number of hydrogen-bond acceptors (Lipinski definition) is 4. The SMILES string of the molecule is CN1C(=O)CC(N(C)CCCC(=O)O)C1=O. The third-order valence-corrected chi connectivity index (χ3v) is 2.79. The van der Waals surface area contributed by atoms with Crippen molar-refractivity contribution >= 4 is 17.8 Å². The van der Waals surface area contributed by atoms with Crippen molar-refractivity contribution in [3.05, 3.63) is 0 Å². The molecule has 1 aliphatic heterocycles. The van der Waals surface area contributed by atoms with Crippen molar-refractivity contribution < 1.29 is 19.5 Å². The van der Waals surface area contributed by atoms with E-state index in [1.165, 1.54) is 7.05 Å². The average molecular weight is 228 g/mol. The normalized spacial score (nSPS) is 20.9. The van der Waals surface area contributed by atoms with Crippen LogP contribution in [-0.4, -0.2) is 59.4 Å². The molecule has 90 valence electrons. The summed E-state index contributed by atoms with van der Waals surface area (Å²) in [7, 11) is 3.20. The smallest absolute Gasteiger partial charge is 0.303 e. The lowest BCUT2D eigenvalue weighted by Crippen LogP contribution is -2.39. The van der Waals surface area contributed by atoms with Crippen molar-refractivity contribution in [2.75, 3.05) is 20.6 Å². The molecule has 0 aromatic heterocycles. The third-order valence-electron chi connectivity index (χ3n) is 2.79. The number of aliphatic carboxylic acids is 1. The van der Waals surface area contributed by atoms with E-state index in [9.17, 15) is 14.4 Å². The molecule has 1 heterocycles. The van der Waals surface area contributed by atoms with Crippen molar-refractivity contribution in [3.8, 4) is 0 Å². The fourth-order valence-corrected chi connectivity index (χ4v) is 1.72. The van der Waals surface area contributed by atoms with Gasteiger partial charge in [-0.15, -0.1) is 0 Å². The predicted octanol–water partition coefficient (Wildman–Crippen LogP) is -0.460. The number of carbonyl (C=O) groups excluding carboxylic acids is 2. The molecule has 1 fully saturated rings. The maximum atomic E-state index is 11.6. The van der Waals surface area contributed by atoms with Gasteiger partial charge in [0.25, 0.3) is 0 Å². The first-order chi connectivity index (χ1) is 7.43. The monoisotopic (exact) mass is 228 g/mol. The number of nitrogens with zero attached hydrogens (tertiary/aromatic N) is 2. The fraction of sp³-hybridized carbons (Fsp3) is 0.700. The summed E-state index contributed by atoms with van der Waals surface area (Å²) in [6.45, 7) is 0.504. The Morgan fingerprint density at radius 2 is 2.19 bits per heavy atom. The van der Waals surface area contributed by atoms with Gasteiger partial charge in [-0.1, -0.05) is 0 Å². The molecule has 1 aliphatic rings. The van der Waals surface area contributed by atoms with Crippen LogP contribution in [0.5, 0.6) is 0 Å². The summed E-state index contributed by atoms with van der Waals surface area (Å²) in [6.07, 6.45) is 0.751. The molecule has 2 amide bonds. The quantitative estimate of drug-likeness (QED) is 0.644.